The second-order valence-corrected chi connectivity index (χ2v) is 5.36. The third-order valence-electron chi connectivity index (χ3n) is 3.70. The molecule has 1 aliphatic carbocycles. The molecule has 5 nitrogen and oxygen atoms in total. The Morgan fingerprint density at radius 3 is 2.89 bits per heavy atom. The lowest BCUT2D eigenvalue weighted by atomic mass is 10.3. The Labute approximate surface area is 118 Å². The molecule has 0 bridgehead atoms. The van der Waals surface area contributed by atoms with E-state index in [1.54, 1.807) is 0 Å². The second-order valence-electron chi connectivity index (χ2n) is 5.00. The summed E-state index contributed by atoms with van der Waals surface area (Å²) < 4.78 is 5.33. The lowest BCUT2D eigenvalue weighted by molar-refractivity contribution is 0.0398. The van der Waals surface area contributed by atoms with Gasteiger partial charge in [-0.25, -0.2) is 9.97 Å². The van der Waals surface area contributed by atoms with Crippen molar-refractivity contribution >= 4 is 17.5 Å². The quantitative estimate of drug-likeness (QED) is 0.845. The van der Waals surface area contributed by atoms with Crippen LogP contribution in [-0.4, -0.2) is 54.3 Å². The highest BCUT2D eigenvalue weighted by Crippen LogP contribution is 2.26. The van der Waals surface area contributed by atoms with Crippen LogP contribution in [0.4, 0.5) is 5.95 Å². The van der Waals surface area contributed by atoms with Gasteiger partial charge < -0.3 is 10.1 Å². The van der Waals surface area contributed by atoms with Crippen LogP contribution in [0.15, 0.2) is 0 Å². The molecule has 0 saturated carbocycles. The molecule has 1 N–H and O–H groups in total. The minimum atomic E-state index is 0.622. The zero-order valence-corrected chi connectivity index (χ0v) is 11.7. The van der Waals surface area contributed by atoms with Gasteiger partial charge in [-0.1, -0.05) is 11.6 Å². The highest BCUT2D eigenvalue weighted by Gasteiger charge is 2.18. The highest BCUT2D eigenvalue weighted by molar-refractivity contribution is 6.30. The van der Waals surface area contributed by atoms with Gasteiger partial charge in [0.15, 0.2) is 0 Å². The van der Waals surface area contributed by atoms with Crippen LogP contribution in [0.25, 0.3) is 0 Å². The Morgan fingerprint density at radius 1 is 1.21 bits per heavy atom. The fourth-order valence-corrected chi connectivity index (χ4v) is 2.90. The van der Waals surface area contributed by atoms with Gasteiger partial charge in [0.25, 0.3) is 0 Å². The average Bonchev–Trinajstić information content (AvgIpc) is 2.89. The van der Waals surface area contributed by atoms with E-state index in [1.807, 2.05) is 0 Å². The van der Waals surface area contributed by atoms with Crippen LogP contribution in [-0.2, 0) is 17.6 Å². The van der Waals surface area contributed by atoms with E-state index < -0.39 is 0 Å². The van der Waals surface area contributed by atoms with Crippen LogP contribution < -0.4 is 5.32 Å². The summed E-state index contributed by atoms with van der Waals surface area (Å²) in [6.45, 7) is 5.51. The minimum Gasteiger partial charge on any atom is -0.379 e. The SMILES string of the molecule is Clc1nc(NCCN2CCOCC2)nc2c1CCC2. The van der Waals surface area contributed by atoms with Crippen molar-refractivity contribution in [2.75, 3.05) is 44.7 Å². The maximum Gasteiger partial charge on any atom is 0.224 e. The predicted octanol–water partition coefficient (Wildman–Crippen LogP) is 1.36. The molecule has 0 radical (unpaired) electrons. The van der Waals surface area contributed by atoms with E-state index in [4.69, 9.17) is 16.3 Å². The second kappa shape index (κ2) is 6.03. The molecule has 104 valence electrons. The van der Waals surface area contributed by atoms with Crippen molar-refractivity contribution in [3.63, 3.8) is 0 Å². The van der Waals surface area contributed by atoms with Gasteiger partial charge in [0.2, 0.25) is 5.95 Å². The van der Waals surface area contributed by atoms with Crippen molar-refractivity contribution in [1.82, 2.24) is 14.9 Å². The molecule has 0 atom stereocenters. The number of nitrogens with one attached hydrogen (secondary N) is 1. The van der Waals surface area contributed by atoms with E-state index in [1.165, 1.54) is 0 Å². The number of anilines is 1. The lowest BCUT2D eigenvalue weighted by Crippen LogP contribution is -2.39. The summed E-state index contributed by atoms with van der Waals surface area (Å²) in [6, 6.07) is 0. The summed E-state index contributed by atoms with van der Waals surface area (Å²) in [5, 5.41) is 3.89. The van der Waals surface area contributed by atoms with E-state index in [0.717, 1.165) is 69.9 Å². The maximum absolute atomic E-state index is 6.18. The molecule has 0 unspecified atom stereocenters. The van der Waals surface area contributed by atoms with Crippen molar-refractivity contribution in [1.29, 1.82) is 0 Å². The van der Waals surface area contributed by atoms with Crippen LogP contribution >= 0.6 is 11.6 Å². The van der Waals surface area contributed by atoms with Gasteiger partial charge in [0.1, 0.15) is 5.15 Å². The smallest absolute Gasteiger partial charge is 0.224 e. The average molecular weight is 283 g/mol. The molecule has 2 heterocycles. The Balaban J connectivity index is 1.54. The van der Waals surface area contributed by atoms with Crippen molar-refractivity contribution < 1.29 is 4.74 Å². The van der Waals surface area contributed by atoms with Crippen molar-refractivity contribution in [3.05, 3.63) is 16.4 Å². The third-order valence-corrected chi connectivity index (χ3v) is 4.01. The number of aromatic nitrogens is 2. The van der Waals surface area contributed by atoms with Crippen molar-refractivity contribution in [3.8, 4) is 0 Å². The molecule has 19 heavy (non-hydrogen) atoms. The molecule has 3 rings (SSSR count). The van der Waals surface area contributed by atoms with E-state index in [2.05, 4.69) is 20.2 Å². The normalized spacial score (nSPS) is 19.4. The molecule has 1 aliphatic heterocycles. The topological polar surface area (TPSA) is 50.3 Å². The fraction of sp³-hybridized carbons (Fsp3) is 0.692. The first kappa shape index (κ1) is 13.1. The third kappa shape index (κ3) is 3.16. The van der Waals surface area contributed by atoms with E-state index in [-0.39, 0.29) is 0 Å². The van der Waals surface area contributed by atoms with E-state index in [0.29, 0.717) is 11.1 Å². The first-order chi connectivity index (χ1) is 9.33. The molecular weight excluding hydrogens is 264 g/mol. The number of aryl methyl sites for hydroxylation is 1. The number of morpholine rings is 1. The molecule has 0 spiro atoms. The molecule has 1 saturated heterocycles. The monoisotopic (exact) mass is 282 g/mol. The van der Waals surface area contributed by atoms with Crippen LogP contribution in [0.2, 0.25) is 5.15 Å². The molecule has 0 amide bonds. The van der Waals surface area contributed by atoms with Gasteiger partial charge in [0, 0.05) is 31.7 Å². The standard InChI is InChI=1S/C13H19ClN4O/c14-12-10-2-1-3-11(10)16-13(17-12)15-4-5-18-6-8-19-9-7-18/h1-9H2,(H,15,16,17). The van der Waals surface area contributed by atoms with Gasteiger partial charge in [-0.3, -0.25) is 4.90 Å². The molecular formula is C13H19ClN4O. The largest absolute Gasteiger partial charge is 0.379 e. The Kier molecular flexibility index (Phi) is 4.15. The highest BCUT2D eigenvalue weighted by atomic mass is 35.5. The number of fused-ring (bicyclic) bond motifs is 1. The van der Waals surface area contributed by atoms with Gasteiger partial charge in [-0.2, -0.15) is 0 Å². The first-order valence-corrected chi connectivity index (χ1v) is 7.30. The molecule has 1 fully saturated rings. The van der Waals surface area contributed by atoms with Crippen LogP contribution in [0, 0.1) is 0 Å². The minimum absolute atomic E-state index is 0.622. The van der Waals surface area contributed by atoms with Crippen molar-refractivity contribution in [2.45, 2.75) is 19.3 Å². The molecule has 1 aromatic heterocycles. The first-order valence-electron chi connectivity index (χ1n) is 6.92. The van der Waals surface area contributed by atoms with Gasteiger partial charge >= 0.3 is 0 Å². The Hall–Kier alpha value is -0.910. The molecule has 1 aromatic rings. The predicted molar refractivity (Wildman–Crippen MR) is 74.8 cm³/mol. The molecule has 0 aromatic carbocycles. The van der Waals surface area contributed by atoms with E-state index >= 15 is 0 Å². The summed E-state index contributed by atoms with van der Waals surface area (Å²) >= 11 is 6.18. The van der Waals surface area contributed by atoms with Gasteiger partial charge in [-0.05, 0) is 19.3 Å². The summed E-state index contributed by atoms with van der Waals surface area (Å²) in [5.41, 5.74) is 2.26. The number of ether oxygens (including phenoxy) is 1. The van der Waals surface area contributed by atoms with E-state index in [9.17, 15) is 0 Å². The maximum atomic E-state index is 6.18. The summed E-state index contributed by atoms with van der Waals surface area (Å²) in [4.78, 5) is 11.3. The zero-order chi connectivity index (χ0) is 13.1. The zero-order valence-electron chi connectivity index (χ0n) is 11.0. The number of hydrogen-bond donors (Lipinski definition) is 1. The number of nitrogens with zero attached hydrogens (tertiary/aromatic N) is 3. The van der Waals surface area contributed by atoms with Gasteiger partial charge in [-0.15, -0.1) is 0 Å². The molecule has 6 heteroatoms. The van der Waals surface area contributed by atoms with Crippen LogP contribution in [0.5, 0.6) is 0 Å². The molecule has 2 aliphatic rings. The lowest BCUT2D eigenvalue weighted by Gasteiger charge is -2.26. The van der Waals surface area contributed by atoms with Crippen LogP contribution in [0.1, 0.15) is 17.7 Å². The number of hydrogen-bond acceptors (Lipinski definition) is 5. The fourth-order valence-electron chi connectivity index (χ4n) is 2.62. The summed E-state index contributed by atoms with van der Waals surface area (Å²) in [7, 11) is 0. The van der Waals surface area contributed by atoms with Gasteiger partial charge in [0.05, 0.1) is 18.9 Å². The number of halogens is 1. The summed E-state index contributed by atoms with van der Waals surface area (Å²) in [6.07, 6.45) is 3.18. The Morgan fingerprint density at radius 2 is 2.05 bits per heavy atom. The van der Waals surface area contributed by atoms with Crippen molar-refractivity contribution in [2.24, 2.45) is 0 Å². The van der Waals surface area contributed by atoms with Crippen LogP contribution in [0.3, 0.4) is 0 Å². The number of rotatable bonds is 4. The Bertz CT molecular complexity index is 449. The summed E-state index contributed by atoms with van der Waals surface area (Å²) in [5.74, 6) is 0.666.